The molecule has 1 aliphatic carbocycles. The van der Waals surface area contributed by atoms with Crippen molar-refractivity contribution in [3.05, 3.63) is 54.6 Å². The number of piperidine rings is 1. The van der Waals surface area contributed by atoms with Crippen LogP contribution in [0.4, 0.5) is 0 Å². The van der Waals surface area contributed by atoms with E-state index in [1.54, 1.807) is 13.2 Å². The van der Waals surface area contributed by atoms with Gasteiger partial charge in [0.05, 0.1) is 30.4 Å². The number of imidazole rings is 1. The van der Waals surface area contributed by atoms with Crippen molar-refractivity contribution in [2.24, 2.45) is 18.4 Å². The number of hydrogen-bond acceptors (Lipinski definition) is 5. The Labute approximate surface area is 181 Å². The van der Waals surface area contributed by atoms with Crippen molar-refractivity contribution in [2.45, 2.75) is 36.4 Å². The summed E-state index contributed by atoms with van der Waals surface area (Å²) in [6, 6.07) is 9.97. The number of aliphatic hydroxyl groups is 1. The lowest BCUT2D eigenvalue weighted by atomic mass is 9.53. The van der Waals surface area contributed by atoms with Crippen molar-refractivity contribution in [3.8, 4) is 11.3 Å². The molecule has 4 heterocycles. The maximum atomic E-state index is 12.9. The number of nitrogens with zero attached hydrogens (tertiary/aromatic N) is 5. The zero-order valence-electron chi connectivity index (χ0n) is 17.3. The first kappa shape index (κ1) is 19.2. The van der Waals surface area contributed by atoms with Gasteiger partial charge in [0.2, 0.25) is 0 Å². The summed E-state index contributed by atoms with van der Waals surface area (Å²) in [6.45, 7) is 0.834. The predicted octanol–water partition coefficient (Wildman–Crippen LogP) is 2.04. The van der Waals surface area contributed by atoms with Crippen LogP contribution in [0.3, 0.4) is 0 Å². The minimum atomic E-state index is -3.59. The fourth-order valence-corrected chi connectivity index (χ4v) is 7.32. The standard InChI is InChI=1S/C22H25N5O3S/c1-25-9-6-19(24-25)31(29,30)26-10-7-22(8-11-26)12-17(21(22)28)20-16-5-3-2-4-15(16)18-13-23-14-27(18)20/h2-6,9,13-14,17,20-21,28H,7-8,10-12H2,1H3/t17-,20+,21+/m0/s1. The SMILES string of the molecule is Cn1ccc(S(=O)(=O)N2CCC3(CC2)C[C@@H]([C@H]2c4ccccc4-c4cncn42)[C@H]3O)n1. The van der Waals surface area contributed by atoms with E-state index in [1.807, 2.05) is 24.7 Å². The molecule has 0 unspecified atom stereocenters. The maximum Gasteiger partial charge on any atom is 0.262 e. The van der Waals surface area contributed by atoms with Gasteiger partial charge in [-0.15, -0.1) is 0 Å². The van der Waals surface area contributed by atoms with Crippen molar-refractivity contribution >= 4 is 10.0 Å². The Morgan fingerprint density at radius 1 is 1.16 bits per heavy atom. The first-order valence-electron chi connectivity index (χ1n) is 10.7. The number of aliphatic hydroxyl groups excluding tert-OH is 1. The second-order valence-electron chi connectivity index (χ2n) is 9.13. The molecule has 9 heteroatoms. The van der Waals surface area contributed by atoms with Crippen LogP contribution in [-0.2, 0) is 17.1 Å². The molecule has 8 nitrogen and oxygen atoms in total. The molecule has 6 rings (SSSR count). The Morgan fingerprint density at radius 3 is 2.65 bits per heavy atom. The first-order chi connectivity index (χ1) is 14.9. The number of sulfonamides is 1. The Morgan fingerprint density at radius 2 is 1.94 bits per heavy atom. The molecular weight excluding hydrogens is 414 g/mol. The summed E-state index contributed by atoms with van der Waals surface area (Å²) in [7, 11) is -1.88. The highest BCUT2D eigenvalue weighted by Gasteiger charge is 2.58. The minimum Gasteiger partial charge on any atom is -0.392 e. The summed E-state index contributed by atoms with van der Waals surface area (Å²) in [5.41, 5.74) is 3.33. The number of aromatic nitrogens is 4. The average Bonchev–Trinajstić information content (AvgIpc) is 3.49. The molecular formula is C22H25N5O3S. The molecule has 3 aromatic rings. The van der Waals surface area contributed by atoms with E-state index in [1.165, 1.54) is 26.2 Å². The topological polar surface area (TPSA) is 93.2 Å². The van der Waals surface area contributed by atoms with Crippen LogP contribution in [-0.4, -0.2) is 56.4 Å². The summed E-state index contributed by atoms with van der Waals surface area (Å²) in [5.74, 6) is 0.107. The van der Waals surface area contributed by atoms with Crippen LogP contribution in [0.15, 0.2) is 54.1 Å². The molecule has 0 bridgehead atoms. The van der Waals surface area contributed by atoms with Crippen molar-refractivity contribution in [3.63, 3.8) is 0 Å². The van der Waals surface area contributed by atoms with E-state index < -0.39 is 16.1 Å². The summed E-state index contributed by atoms with van der Waals surface area (Å²) >= 11 is 0. The lowest BCUT2D eigenvalue weighted by Crippen LogP contribution is -2.59. The Hall–Kier alpha value is -2.49. The first-order valence-corrected chi connectivity index (χ1v) is 12.1. The van der Waals surface area contributed by atoms with Crippen LogP contribution >= 0.6 is 0 Å². The van der Waals surface area contributed by atoms with Crippen molar-refractivity contribution in [1.29, 1.82) is 0 Å². The van der Waals surface area contributed by atoms with Crippen LogP contribution in [0.5, 0.6) is 0 Å². The second-order valence-corrected chi connectivity index (χ2v) is 11.0. The third-order valence-electron chi connectivity index (χ3n) is 7.61. The molecule has 0 radical (unpaired) electrons. The van der Waals surface area contributed by atoms with Gasteiger partial charge in [0, 0.05) is 37.8 Å². The number of hydrogen-bond donors (Lipinski definition) is 1. The van der Waals surface area contributed by atoms with Crippen molar-refractivity contribution < 1.29 is 13.5 Å². The average molecular weight is 440 g/mol. The number of rotatable bonds is 3. The zero-order valence-corrected chi connectivity index (χ0v) is 18.1. The summed E-state index contributed by atoms with van der Waals surface area (Å²) in [6.07, 6.45) is 7.16. The quantitative estimate of drug-likeness (QED) is 0.674. The summed E-state index contributed by atoms with van der Waals surface area (Å²) in [5, 5.41) is 15.5. The van der Waals surface area contributed by atoms with Gasteiger partial charge in [-0.25, -0.2) is 13.4 Å². The van der Waals surface area contributed by atoms with Gasteiger partial charge in [0.25, 0.3) is 10.0 Å². The molecule has 31 heavy (non-hydrogen) atoms. The number of benzene rings is 1. The van der Waals surface area contributed by atoms with Crippen LogP contribution in [0, 0.1) is 11.3 Å². The highest BCUT2D eigenvalue weighted by molar-refractivity contribution is 7.89. The highest BCUT2D eigenvalue weighted by atomic mass is 32.2. The van der Waals surface area contributed by atoms with Crippen LogP contribution in [0.2, 0.25) is 0 Å². The summed E-state index contributed by atoms with van der Waals surface area (Å²) < 4.78 is 31.0. The second kappa shape index (κ2) is 6.51. The molecule has 1 saturated heterocycles. The van der Waals surface area contributed by atoms with Gasteiger partial charge in [-0.2, -0.15) is 9.40 Å². The fourth-order valence-electron chi connectivity index (χ4n) is 5.92. The Bertz CT molecular complexity index is 1260. The normalized spacial score (nSPS) is 27.1. The van der Waals surface area contributed by atoms with Crippen molar-refractivity contribution in [2.75, 3.05) is 13.1 Å². The molecule has 0 amide bonds. The van der Waals surface area contributed by atoms with E-state index in [4.69, 9.17) is 0 Å². The molecule has 162 valence electrons. The molecule has 1 spiro atoms. The minimum absolute atomic E-state index is 0.0876. The van der Waals surface area contributed by atoms with Gasteiger partial charge in [0.1, 0.15) is 0 Å². The third-order valence-corrected chi connectivity index (χ3v) is 9.40. The van der Waals surface area contributed by atoms with Gasteiger partial charge in [-0.1, -0.05) is 24.3 Å². The van der Waals surface area contributed by atoms with Gasteiger partial charge < -0.3 is 9.67 Å². The van der Waals surface area contributed by atoms with Gasteiger partial charge in [-0.05, 0) is 36.3 Å². The molecule has 2 aliphatic heterocycles. The Kier molecular flexibility index (Phi) is 4.03. The predicted molar refractivity (Wildman–Crippen MR) is 114 cm³/mol. The van der Waals surface area contributed by atoms with Crippen LogP contribution < -0.4 is 0 Å². The molecule has 2 aromatic heterocycles. The van der Waals surface area contributed by atoms with E-state index in [0.29, 0.717) is 25.9 Å². The van der Waals surface area contributed by atoms with Gasteiger partial charge in [0.15, 0.2) is 5.03 Å². The van der Waals surface area contributed by atoms with E-state index in [2.05, 4.69) is 26.8 Å². The van der Waals surface area contributed by atoms with E-state index in [-0.39, 0.29) is 22.4 Å². The number of aryl methyl sites for hydroxylation is 1. The van der Waals surface area contributed by atoms with E-state index in [0.717, 1.165) is 12.1 Å². The summed E-state index contributed by atoms with van der Waals surface area (Å²) in [4.78, 5) is 4.33. The smallest absolute Gasteiger partial charge is 0.262 e. The molecule has 3 aliphatic rings. The maximum absolute atomic E-state index is 12.9. The fraction of sp³-hybridized carbons (Fsp3) is 0.455. The highest BCUT2D eigenvalue weighted by Crippen LogP contribution is 2.59. The Balaban J connectivity index is 1.21. The largest absolute Gasteiger partial charge is 0.392 e. The monoisotopic (exact) mass is 439 g/mol. The molecule has 1 aromatic carbocycles. The molecule has 3 atom stereocenters. The number of fused-ring (bicyclic) bond motifs is 3. The van der Waals surface area contributed by atoms with Crippen LogP contribution in [0.1, 0.15) is 30.9 Å². The molecule has 1 saturated carbocycles. The van der Waals surface area contributed by atoms with Crippen molar-refractivity contribution in [1.82, 2.24) is 23.6 Å². The third kappa shape index (κ3) is 2.63. The van der Waals surface area contributed by atoms with Crippen LogP contribution in [0.25, 0.3) is 11.3 Å². The van der Waals surface area contributed by atoms with E-state index >= 15 is 0 Å². The van der Waals surface area contributed by atoms with Gasteiger partial charge in [-0.3, -0.25) is 4.68 Å². The van der Waals surface area contributed by atoms with E-state index in [9.17, 15) is 13.5 Å². The zero-order chi connectivity index (χ0) is 21.4. The van der Waals surface area contributed by atoms with Gasteiger partial charge >= 0.3 is 0 Å². The lowest BCUT2D eigenvalue weighted by Gasteiger charge is -2.57. The lowest BCUT2D eigenvalue weighted by molar-refractivity contribution is -0.152. The molecule has 1 N–H and O–H groups in total. The molecule has 2 fully saturated rings.